The first-order chi connectivity index (χ1) is 11.7. The van der Waals surface area contributed by atoms with Gasteiger partial charge in [-0.2, -0.15) is 0 Å². The number of aliphatic hydroxyl groups is 1. The van der Waals surface area contributed by atoms with Crippen LogP contribution in [0.2, 0.25) is 0 Å². The Morgan fingerprint density at radius 1 is 1.16 bits per heavy atom. The smallest absolute Gasteiger partial charge is 0.313 e. The van der Waals surface area contributed by atoms with Gasteiger partial charge >= 0.3 is 11.8 Å². The Balaban J connectivity index is 1.92. The molecule has 138 valence electrons. The number of carbonyl (C=O) groups is 2. The Kier molecular flexibility index (Phi) is 6.22. The van der Waals surface area contributed by atoms with Gasteiger partial charge in [0.05, 0.1) is 6.10 Å². The van der Waals surface area contributed by atoms with E-state index >= 15 is 0 Å². The highest BCUT2D eigenvalue weighted by Crippen LogP contribution is 2.25. The van der Waals surface area contributed by atoms with Crippen molar-refractivity contribution in [2.45, 2.75) is 58.0 Å². The number of anilines is 1. The van der Waals surface area contributed by atoms with Crippen molar-refractivity contribution in [3.05, 3.63) is 29.8 Å². The Labute approximate surface area is 150 Å². The van der Waals surface area contributed by atoms with E-state index in [9.17, 15) is 14.7 Å². The molecule has 2 N–H and O–H groups in total. The molecule has 0 aromatic heterocycles. The molecular weight excluding hydrogens is 316 g/mol. The van der Waals surface area contributed by atoms with Crippen LogP contribution in [0.4, 0.5) is 5.69 Å². The van der Waals surface area contributed by atoms with Crippen LogP contribution in [0.3, 0.4) is 0 Å². The fraction of sp³-hybridized carbons (Fsp3) is 0.600. The van der Waals surface area contributed by atoms with Gasteiger partial charge in [0.25, 0.3) is 0 Å². The second kappa shape index (κ2) is 8.00. The zero-order valence-corrected chi connectivity index (χ0v) is 15.7. The molecule has 0 radical (unpaired) electrons. The number of nitrogens with one attached hydrogen (secondary N) is 1. The van der Waals surface area contributed by atoms with E-state index in [2.05, 4.69) is 26.1 Å². The first-order valence-electron chi connectivity index (χ1n) is 9.03. The molecular formula is C20H30N2O3. The van der Waals surface area contributed by atoms with Gasteiger partial charge in [-0.3, -0.25) is 9.59 Å². The Morgan fingerprint density at radius 3 is 2.32 bits per heavy atom. The standard InChI is InChI=1S/C20H30N2O3/c1-20(2,3)15-9-11-16(12-10-15)21-18(24)19(25)22(4)13-14-7-5-6-8-17(14)23/h9-12,14,17,23H,5-8,13H2,1-4H3,(H,21,24). The minimum absolute atomic E-state index is 0.0411. The summed E-state index contributed by atoms with van der Waals surface area (Å²) in [7, 11) is 1.62. The van der Waals surface area contributed by atoms with E-state index < -0.39 is 11.8 Å². The lowest BCUT2D eigenvalue weighted by Gasteiger charge is -2.30. The van der Waals surface area contributed by atoms with Gasteiger partial charge in [0.15, 0.2) is 0 Å². The quantitative estimate of drug-likeness (QED) is 0.827. The van der Waals surface area contributed by atoms with E-state index in [1.54, 1.807) is 7.05 Å². The first kappa shape index (κ1) is 19.4. The van der Waals surface area contributed by atoms with Crippen LogP contribution in [0.5, 0.6) is 0 Å². The molecule has 2 amide bonds. The fourth-order valence-electron chi connectivity index (χ4n) is 3.25. The minimum Gasteiger partial charge on any atom is -0.393 e. The number of carbonyl (C=O) groups excluding carboxylic acids is 2. The van der Waals surface area contributed by atoms with Crippen molar-refractivity contribution < 1.29 is 14.7 Å². The molecule has 1 aromatic carbocycles. The molecule has 0 saturated heterocycles. The third kappa shape index (κ3) is 5.30. The van der Waals surface area contributed by atoms with Gasteiger partial charge in [-0.05, 0) is 36.0 Å². The monoisotopic (exact) mass is 346 g/mol. The van der Waals surface area contributed by atoms with Crippen molar-refractivity contribution in [1.29, 1.82) is 0 Å². The molecule has 1 aliphatic rings. The van der Waals surface area contributed by atoms with Crippen LogP contribution in [-0.2, 0) is 15.0 Å². The van der Waals surface area contributed by atoms with Crippen molar-refractivity contribution in [1.82, 2.24) is 4.90 Å². The predicted molar refractivity (Wildman–Crippen MR) is 99.4 cm³/mol. The molecule has 2 atom stereocenters. The molecule has 0 heterocycles. The Hall–Kier alpha value is -1.88. The maximum absolute atomic E-state index is 12.3. The average Bonchev–Trinajstić information content (AvgIpc) is 2.55. The topological polar surface area (TPSA) is 69.6 Å². The van der Waals surface area contributed by atoms with Crippen LogP contribution >= 0.6 is 0 Å². The maximum atomic E-state index is 12.3. The third-order valence-corrected chi connectivity index (χ3v) is 4.93. The predicted octanol–water partition coefficient (Wildman–Crippen LogP) is 2.93. The third-order valence-electron chi connectivity index (χ3n) is 4.93. The van der Waals surface area contributed by atoms with Crippen LogP contribution in [-0.4, -0.2) is 41.5 Å². The summed E-state index contributed by atoms with van der Waals surface area (Å²) in [5.41, 5.74) is 1.82. The number of rotatable bonds is 3. The maximum Gasteiger partial charge on any atom is 0.313 e. The second-order valence-corrected chi connectivity index (χ2v) is 8.08. The van der Waals surface area contributed by atoms with Gasteiger partial charge in [-0.1, -0.05) is 45.7 Å². The lowest BCUT2D eigenvalue weighted by Crippen LogP contribution is -2.42. The van der Waals surface area contributed by atoms with E-state index in [1.165, 1.54) is 10.5 Å². The summed E-state index contributed by atoms with van der Waals surface area (Å²) in [4.78, 5) is 25.9. The number of aliphatic hydroxyl groups excluding tert-OH is 1. The number of nitrogens with zero attached hydrogens (tertiary/aromatic N) is 1. The zero-order valence-electron chi connectivity index (χ0n) is 15.7. The van der Waals surface area contributed by atoms with E-state index in [4.69, 9.17) is 0 Å². The molecule has 1 aliphatic carbocycles. The van der Waals surface area contributed by atoms with Crippen molar-refractivity contribution >= 4 is 17.5 Å². The average molecular weight is 346 g/mol. The van der Waals surface area contributed by atoms with Crippen LogP contribution < -0.4 is 5.32 Å². The molecule has 1 aromatic rings. The fourth-order valence-corrected chi connectivity index (χ4v) is 3.25. The van der Waals surface area contributed by atoms with Crippen LogP contribution in [0.25, 0.3) is 0 Å². The normalized spacial score (nSPS) is 20.8. The lowest BCUT2D eigenvalue weighted by molar-refractivity contribution is -0.143. The van der Waals surface area contributed by atoms with Crippen molar-refractivity contribution in [3.8, 4) is 0 Å². The molecule has 0 aliphatic heterocycles. The van der Waals surface area contributed by atoms with Crippen molar-refractivity contribution in [2.24, 2.45) is 5.92 Å². The molecule has 5 nitrogen and oxygen atoms in total. The molecule has 2 rings (SSSR count). The summed E-state index contributed by atoms with van der Waals surface area (Å²) in [6.45, 7) is 6.78. The Bertz CT molecular complexity index is 604. The van der Waals surface area contributed by atoms with Gasteiger partial charge in [-0.25, -0.2) is 0 Å². The van der Waals surface area contributed by atoms with E-state index in [0.717, 1.165) is 25.7 Å². The summed E-state index contributed by atoms with van der Waals surface area (Å²) in [5.74, 6) is -1.16. The lowest BCUT2D eigenvalue weighted by atomic mass is 9.86. The summed E-state index contributed by atoms with van der Waals surface area (Å²) < 4.78 is 0. The number of benzene rings is 1. The number of hydrogen-bond donors (Lipinski definition) is 2. The molecule has 2 unspecified atom stereocenters. The van der Waals surface area contributed by atoms with Crippen molar-refractivity contribution in [2.75, 3.05) is 18.9 Å². The molecule has 1 saturated carbocycles. The SMILES string of the molecule is CN(CC1CCCCC1O)C(=O)C(=O)Nc1ccc(C(C)(C)C)cc1. The van der Waals surface area contributed by atoms with E-state index in [1.807, 2.05) is 24.3 Å². The van der Waals surface area contributed by atoms with Gasteiger partial charge < -0.3 is 15.3 Å². The van der Waals surface area contributed by atoms with Gasteiger partial charge in [0.2, 0.25) is 0 Å². The van der Waals surface area contributed by atoms with Crippen molar-refractivity contribution in [3.63, 3.8) is 0 Å². The molecule has 25 heavy (non-hydrogen) atoms. The largest absolute Gasteiger partial charge is 0.393 e. The molecule has 5 heteroatoms. The molecule has 0 bridgehead atoms. The highest BCUT2D eigenvalue weighted by atomic mass is 16.3. The van der Waals surface area contributed by atoms with E-state index in [0.29, 0.717) is 12.2 Å². The second-order valence-electron chi connectivity index (χ2n) is 8.08. The van der Waals surface area contributed by atoms with Gasteiger partial charge in [-0.15, -0.1) is 0 Å². The van der Waals surface area contributed by atoms with Crippen LogP contribution in [0, 0.1) is 5.92 Å². The highest BCUT2D eigenvalue weighted by molar-refractivity contribution is 6.39. The number of likely N-dealkylation sites (N-methyl/N-ethyl adjacent to an activating group) is 1. The van der Waals surface area contributed by atoms with E-state index in [-0.39, 0.29) is 17.4 Å². The number of hydrogen-bond acceptors (Lipinski definition) is 3. The Morgan fingerprint density at radius 2 is 1.76 bits per heavy atom. The van der Waals surface area contributed by atoms with Crippen LogP contribution in [0.15, 0.2) is 24.3 Å². The summed E-state index contributed by atoms with van der Waals surface area (Å²) in [6.07, 6.45) is 3.39. The summed E-state index contributed by atoms with van der Waals surface area (Å²) in [5, 5.41) is 12.7. The summed E-state index contributed by atoms with van der Waals surface area (Å²) in [6, 6.07) is 7.55. The molecule has 1 fully saturated rings. The minimum atomic E-state index is -0.642. The van der Waals surface area contributed by atoms with Gasteiger partial charge in [0, 0.05) is 25.2 Å². The highest BCUT2D eigenvalue weighted by Gasteiger charge is 2.27. The zero-order chi connectivity index (χ0) is 18.6. The number of amides is 2. The first-order valence-corrected chi connectivity index (χ1v) is 9.03. The summed E-state index contributed by atoms with van der Waals surface area (Å²) >= 11 is 0. The van der Waals surface area contributed by atoms with Crippen LogP contribution in [0.1, 0.15) is 52.0 Å². The molecule has 0 spiro atoms. The van der Waals surface area contributed by atoms with Gasteiger partial charge in [0.1, 0.15) is 0 Å².